The largest absolute Gasteiger partial charge is 0.465 e. The predicted octanol–water partition coefficient (Wildman–Crippen LogP) is 3.58. The number of nitro groups is 1. The molecule has 22 heavy (non-hydrogen) atoms. The van der Waals surface area contributed by atoms with Crippen LogP contribution < -0.4 is 0 Å². The Morgan fingerprint density at radius 1 is 1.18 bits per heavy atom. The third-order valence-corrected chi connectivity index (χ3v) is 4.36. The first-order chi connectivity index (χ1) is 10.6. The van der Waals surface area contributed by atoms with Crippen LogP contribution >= 0.6 is 11.8 Å². The van der Waals surface area contributed by atoms with E-state index in [1.165, 1.54) is 18.9 Å². The lowest BCUT2D eigenvalue weighted by molar-refractivity contribution is -0.479. The van der Waals surface area contributed by atoms with Crippen molar-refractivity contribution in [2.24, 2.45) is 0 Å². The summed E-state index contributed by atoms with van der Waals surface area (Å²) in [6.45, 7) is -0.218. The summed E-state index contributed by atoms with van der Waals surface area (Å²) in [5, 5.41) is 10.6. The van der Waals surface area contributed by atoms with E-state index in [2.05, 4.69) is 0 Å². The Kier molecular flexibility index (Phi) is 5.55. The van der Waals surface area contributed by atoms with Gasteiger partial charge in [0, 0.05) is 9.82 Å². The van der Waals surface area contributed by atoms with E-state index in [1.54, 1.807) is 24.3 Å². The van der Waals surface area contributed by atoms with E-state index in [1.807, 2.05) is 30.3 Å². The van der Waals surface area contributed by atoms with Crippen LogP contribution in [0.4, 0.5) is 0 Å². The Hall–Kier alpha value is -2.34. The first kappa shape index (κ1) is 16.0. The maximum Gasteiger partial charge on any atom is 0.338 e. The van der Waals surface area contributed by atoms with Gasteiger partial charge in [-0.05, 0) is 17.7 Å². The van der Waals surface area contributed by atoms with Crippen molar-refractivity contribution in [2.75, 3.05) is 13.7 Å². The Morgan fingerprint density at radius 3 is 2.45 bits per heavy atom. The molecule has 0 radical (unpaired) electrons. The molecule has 0 fully saturated rings. The highest BCUT2D eigenvalue weighted by molar-refractivity contribution is 7.99. The highest BCUT2D eigenvalue weighted by Gasteiger charge is 2.22. The summed E-state index contributed by atoms with van der Waals surface area (Å²) in [7, 11) is 1.31. The van der Waals surface area contributed by atoms with Gasteiger partial charge in [0.1, 0.15) is 0 Å². The molecular weight excluding hydrogens is 302 g/mol. The molecule has 0 aliphatic rings. The van der Waals surface area contributed by atoms with Crippen LogP contribution in [0.1, 0.15) is 21.2 Å². The molecule has 1 atom stereocenters. The Labute approximate surface area is 132 Å². The third kappa shape index (κ3) is 4.08. The number of nitrogens with zero attached hydrogens (tertiary/aromatic N) is 1. The second kappa shape index (κ2) is 7.61. The standard InChI is InChI=1S/C16H15NO4S/c1-21-16(18)13-9-5-6-10-14(13)22-15(11-17(19)20)12-7-3-2-4-8-12/h2-10,15H,11H2,1H3. The van der Waals surface area contributed by atoms with E-state index in [9.17, 15) is 14.9 Å². The Bertz CT molecular complexity index is 660. The van der Waals surface area contributed by atoms with Gasteiger partial charge in [-0.25, -0.2) is 4.79 Å². The van der Waals surface area contributed by atoms with Gasteiger partial charge in [0.05, 0.1) is 17.9 Å². The fourth-order valence-corrected chi connectivity index (χ4v) is 3.25. The number of carbonyl (C=O) groups excluding carboxylic acids is 1. The lowest BCUT2D eigenvalue weighted by atomic mass is 10.1. The predicted molar refractivity (Wildman–Crippen MR) is 84.7 cm³/mol. The van der Waals surface area contributed by atoms with Gasteiger partial charge in [0.15, 0.2) is 0 Å². The van der Waals surface area contributed by atoms with Crippen molar-refractivity contribution in [3.05, 3.63) is 75.8 Å². The number of carbonyl (C=O) groups is 1. The smallest absolute Gasteiger partial charge is 0.338 e. The van der Waals surface area contributed by atoms with Gasteiger partial charge in [-0.2, -0.15) is 0 Å². The molecule has 0 saturated heterocycles. The van der Waals surface area contributed by atoms with Crippen LogP contribution in [0.2, 0.25) is 0 Å². The summed E-state index contributed by atoms with van der Waals surface area (Å²) in [6.07, 6.45) is 0. The average Bonchev–Trinajstić information content (AvgIpc) is 2.54. The minimum Gasteiger partial charge on any atom is -0.465 e. The van der Waals surface area contributed by atoms with Crippen LogP contribution in [0.3, 0.4) is 0 Å². The molecule has 0 amide bonds. The first-order valence-corrected chi connectivity index (χ1v) is 7.50. The Morgan fingerprint density at radius 2 is 1.82 bits per heavy atom. The summed E-state index contributed by atoms with van der Waals surface area (Å²) >= 11 is 1.30. The number of hydrogen-bond acceptors (Lipinski definition) is 5. The average molecular weight is 317 g/mol. The van der Waals surface area contributed by atoms with Crippen LogP contribution in [0, 0.1) is 10.1 Å². The molecule has 0 saturated carbocycles. The number of thioether (sulfide) groups is 1. The lowest BCUT2D eigenvalue weighted by Crippen LogP contribution is -2.11. The Balaban J connectivity index is 2.32. The van der Waals surface area contributed by atoms with Gasteiger partial charge in [0.25, 0.3) is 0 Å². The molecule has 2 aromatic carbocycles. The normalized spacial score (nSPS) is 11.7. The van der Waals surface area contributed by atoms with Crippen molar-refractivity contribution >= 4 is 17.7 Å². The second-order valence-corrected chi connectivity index (χ2v) is 5.76. The number of methoxy groups -OCH3 is 1. The van der Waals surface area contributed by atoms with E-state index in [0.717, 1.165) is 5.56 Å². The first-order valence-electron chi connectivity index (χ1n) is 6.62. The molecule has 0 bridgehead atoms. The molecule has 5 nitrogen and oxygen atoms in total. The third-order valence-electron chi connectivity index (χ3n) is 3.05. The summed E-state index contributed by atoms with van der Waals surface area (Å²) in [5.74, 6) is -0.448. The van der Waals surface area contributed by atoms with Gasteiger partial charge in [0.2, 0.25) is 6.54 Å². The topological polar surface area (TPSA) is 69.4 Å². The van der Waals surface area contributed by atoms with Crippen LogP contribution in [0.25, 0.3) is 0 Å². The zero-order valence-electron chi connectivity index (χ0n) is 12.0. The molecule has 0 spiro atoms. The molecule has 0 aromatic heterocycles. The van der Waals surface area contributed by atoms with Crippen molar-refractivity contribution in [2.45, 2.75) is 10.1 Å². The second-order valence-electron chi connectivity index (χ2n) is 4.52. The van der Waals surface area contributed by atoms with Crippen molar-refractivity contribution in [3.8, 4) is 0 Å². The molecule has 0 aliphatic carbocycles. The van der Waals surface area contributed by atoms with E-state index >= 15 is 0 Å². The zero-order chi connectivity index (χ0) is 15.9. The highest BCUT2D eigenvalue weighted by atomic mass is 32.2. The molecular formula is C16H15NO4S. The van der Waals surface area contributed by atoms with Gasteiger partial charge < -0.3 is 4.74 Å². The minimum atomic E-state index is -0.448. The van der Waals surface area contributed by atoms with Gasteiger partial charge in [-0.15, -0.1) is 11.8 Å². The van der Waals surface area contributed by atoms with Crippen LogP contribution in [-0.4, -0.2) is 24.5 Å². The number of esters is 1. The fraction of sp³-hybridized carbons (Fsp3) is 0.188. The van der Waals surface area contributed by atoms with Crippen molar-refractivity contribution in [3.63, 3.8) is 0 Å². The monoisotopic (exact) mass is 317 g/mol. The molecule has 1 unspecified atom stereocenters. The molecule has 0 aliphatic heterocycles. The number of benzene rings is 2. The lowest BCUT2D eigenvalue weighted by Gasteiger charge is -2.15. The van der Waals surface area contributed by atoms with Gasteiger partial charge >= 0.3 is 5.97 Å². The maximum absolute atomic E-state index is 11.8. The summed E-state index contributed by atoms with van der Waals surface area (Å²) in [6, 6.07) is 16.2. The minimum absolute atomic E-state index is 0.218. The van der Waals surface area contributed by atoms with Crippen LogP contribution in [0.15, 0.2) is 59.5 Å². The van der Waals surface area contributed by atoms with Gasteiger partial charge in [-0.1, -0.05) is 42.5 Å². The molecule has 0 N–H and O–H groups in total. The zero-order valence-corrected chi connectivity index (χ0v) is 12.8. The van der Waals surface area contributed by atoms with Crippen LogP contribution in [-0.2, 0) is 4.74 Å². The van der Waals surface area contributed by atoms with Crippen molar-refractivity contribution < 1.29 is 14.5 Å². The summed E-state index contributed by atoms with van der Waals surface area (Å²) in [4.78, 5) is 23.1. The highest BCUT2D eigenvalue weighted by Crippen LogP contribution is 2.37. The molecule has 6 heteroatoms. The summed E-state index contributed by atoms with van der Waals surface area (Å²) in [5.41, 5.74) is 1.27. The van der Waals surface area contributed by atoms with Crippen molar-refractivity contribution in [1.29, 1.82) is 0 Å². The fourth-order valence-electron chi connectivity index (χ4n) is 2.02. The SMILES string of the molecule is COC(=O)c1ccccc1SC(C[N+](=O)[O-])c1ccccc1. The number of ether oxygens (including phenoxy) is 1. The molecule has 0 heterocycles. The number of rotatable bonds is 6. The van der Waals surface area contributed by atoms with Crippen molar-refractivity contribution in [1.82, 2.24) is 0 Å². The molecule has 2 aromatic rings. The number of hydrogen-bond donors (Lipinski definition) is 0. The van der Waals surface area contributed by atoms with E-state index in [-0.39, 0.29) is 16.7 Å². The maximum atomic E-state index is 11.8. The van der Waals surface area contributed by atoms with Gasteiger partial charge in [-0.3, -0.25) is 10.1 Å². The van der Waals surface area contributed by atoms with E-state index < -0.39 is 5.97 Å². The quantitative estimate of drug-likeness (QED) is 0.352. The molecule has 2 rings (SSSR count). The summed E-state index contributed by atoms with van der Waals surface area (Å²) < 4.78 is 4.76. The van der Waals surface area contributed by atoms with E-state index in [0.29, 0.717) is 10.5 Å². The molecule has 114 valence electrons. The van der Waals surface area contributed by atoms with Crippen LogP contribution in [0.5, 0.6) is 0 Å². The van der Waals surface area contributed by atoms with E-state index in [4.69, 9.17) is 4.74 Å².